The van der Waals surface area contributed by atoms with E-state index in [0.717, 1.165) is 0 Å². The number of nitrogens with two attached hydrogens (primary N) is 1. The van der Waals surface area contributed by atoms with Crippen LogP contribution in [0.3, 0.4) is 0 Å². The average Bonchev–Trinajstić information content (AvgIpc) is 3.31. The normalized spacial score (nSPS) is 18.4. The first kappa shape index (κ1) is 20.9. The number of nitro groups is 1. The number of nitro benzene ring substituents is 1. The second-order valence-corrected chi connectivity index (χ2v) is 7.98. The third kappa shape index (κ3) is 5.35. The number of carbonyl (C=O) groups is 2. The molecule has 0 saturated carbocycles. The van der Waals surface area contributed by atoms with Gasteiger partial charge >= 0.3 is 12.2 Å². The first-order valence-electron chi connectivity index (χ1n) is 8.55. The van der Waals surface area contributed by atoms with Crippen LogP contribution in [0.4, 0.5) is 15.3 Å². The van der Waals surface area contributed by atoms with Gasteiger partial charge in [0, 0.05) is 29.3 Å². The maximum atomic E-state index is 12.6. The number of benzene rings is 1. The van der Waals surface area contributed by atoms with Crippen molar-refractivity contribution in [1.82, 2.24) is 9.88 Å². The highest BCUT2D eigenvalue weighted by Gasteiger charge is 2.37. The van der Waals surface area contributed by atoms with E-state index >= 15 is 0 Å². The highest BCUT2D eigenvalue weighted by Crippen LogP contribution is 2.35. The Bertz CT molecular complexity index is 904. The molecule has 0 aliphatic carbocycles. The lowest BCUT2D eigenvalue weighted by molar-refractivity contribution is -0.384. The maximum Gasteiger partial charge on any atom is 0.410 e. The summed E-state index contributed by atoms with van der Waals surface area (Å²) in [6.45, 7) is 0.366. The Morgan fingerprint density at radius 2 is 2.03 bits per heavy atom. The van der Waals surface area contributed by atoms with Gasteiger partial charge in [-0.15, -0.1) is 11.3 Å². The number of aromatic nitrogens is 1. The fourth-order valence-corrected chi connectivity index (χ4v) is 4.04. The van der Waals surface area contributed by atoms with E-state index in [9.17, 15) is 19.7 Å². The zero-order valence-corrected chi connectivity index (χ0v) is 16.8. The molecule has 29 heavy (non-hydrogen) atoms. The van der Waals surface area contributed by atoms with E-state index in [0.29, 0.717) is 29.2 Å². The van der Waals surface area contributed by atoms with E-state index in [1.165, 1.54) is 23.5 Å². The fourth-order valence-electron chi connectivity index (χ4n) is 2.92. The first-order chi connectivity index (χ1) is 13.8. The Morgan fingerprint density at radius 1 is 1.31 bits per heavy atom. The number of hydrogen-bond acceptors (Lipinski definition) is 9. The van der Waals surface area contributed by atoms with Crippen LogP contribution in [-0.2, 0) is 22.7 Å². The number of carbonyl (C=O) groups excluding carboxylic acids is 2. The lowest BCUT2D eigenvalue weighted by atomic mass is 10.2. The van der Waals surface area contributed by atoms with Gasteiger partial charge in [-0.3, -0.25) is 15.0 Å². The number of thiol groups is 1. The van der Waals surface area contributed by atoms with Gasteiger partial charge in [0.05, 0.1) is 16.7 Å². The van der Waals surface area contributed by atoms with E-state index in [1.807, 2.05) is 0 Å². The third-order valence-electron chi connectivity index (χ3n) is 4.27. The molecule has 0 spiro atoms. The van der Waals surface area contributed by atoms with E-state index in [2.05, 4.69) is 17.6 Å². The van der Waals surface area contributed by atoms with Crippen LogP contribution in [0.15, 0.2) is 29.6 Å². The molecule has 3 rings (SSSR count). The molecule has 1 saturated heterocycles. The van der Waals surface area contributed by atoms with Crippen molar-refractivity contribution in [3.8, 4) is 0 Å². The van der Waals surface area contributed by atoms with Crippen LogP contribution in [0.25, 0.3) is 0 Å². The highest BCUT2D eigenvalue weighted by molar-refractivity contribution is 7.81. The van der Waals surface area contributed by atoms with Crippen molar-refractivity contribution in [3.05, 3.63) is 56.0 Å². The molecule has 1 aromatic carbocycles. The quantitative estimate of drug-likeness (QED) is 0.401. The number of thiazole rings is 1. The van der Waals surface area contributed by atoms with Crippen molar-refractivity contribution in [2.45, 2.75) is 30.9 Å². The summed E-state index contributed by atoms with van der Waals surface area (Å²) in [6.07, 6.45) is -0.794. The predicted octanol–water partition coefficient (Wildman–Crippen LogP) is 3.03. The highest BCUT2D eigenvalue weighted by atomic mass is 32.1. The Balaban J connectivity index is 1.62. The molecular formula is C17H18N4O6S2. The monoisotopic (exact) mass is 438 g/mol. The van der Waals surface area contributed by atoms with Gasteiger partial charge < -0.3 is 15.2 Å². The van der Waals surface area contributed by atoms with Gasteiger partial charge in [0.25, 0.3) is 5.69 Å². The molecule has 1 aliphatic rings. The van der Waals surface area contributed by atoms with Crippen LogP contribution in [0.5, 0.6) is 0 Å². The average molecular weight is 438 g/mol. The molecule has 12 heteroatoms. The Kier molecular flexibility index (Phi) is 6.54. The van der Waals surface area contributed by atoms with Crippen LogP contribution in [0.1, 0.15) is 28.7 Å². The Labute approximate surface area is 175 Å². The minimum Gasteiger partial charge on any atom is -0.445 e. The summed E-state index contributed by atoms with van der Waals surface area (Å²) in [6, 6.07) is 5.49. The molecule has 0 bridgehead atoms. The molecule has 2 N–H and O–H groups in total. The lowest BCUT2D eigenvalue weighted by Gasteiger charge is -2.22. The summed E-state index contributed by atoms with van der Waals surface area (Å²) in [5.41, 5.74) is 6.23. The summed E-state index contributed by atoms with van der Waals surface area (Å²) in [4.78, 5) is 39.5. The molecule has 10 nitrogen and oxygen atoms in total. The van der Waals surface area contributed by atoms with Crippen molar-refractivity contribution in [3.63, 3.8) is 0 Å². The number of nitrogens with zero attached hydrogens (tertiary/aromatic N) is 3. The van der Waals surface area contributed by atoms with E-state index in [4.69, 9.17) is 15.2 Å². The minimum atomic E-state index is -0.880. The summed E-state index contributed by atoms with van der Waals surface area (Å²) < 4.78 is 10.1. The molecule has 2 heterocycles. The van der Waals surface area contributed by atoms with E-state index < -0.39 is 17.1 Å². The van der Waals surface area contributed by atoms with Crippen LogP contribution < -0.4 is 5.73 Å². The van der Waals surface area contributed by atoms with E-state index in [-0.39, 0.29) is 30.2 Å². The lowest BCUT2D eigenvalue weighted by Crippen LogP contribution is -2.32. The number of likely N-dealkylation sites (tertiary alicyclic amines) is 1. The molecule has 1 aromatic heterocycles. The summed E-state index contributed by atoms with van der Waals surface area (Å²) in [7, 11) is 0. The molecule has 2 aromatic rings. The Hall–Kier alpha value is -2.86. The largest absolute Gasteiger partial charge is 0.445 e. The first-order valence-corrected chi connectivity index (χ1v) is 9.94. The second kappa shape index (κ2) is 9.09. The molecule has 1 fully saturated rings. The molecule has 2 amide bonds. The number of amides is 2. The van der Waals surface area contributed by atoms with Gasteiger partial charge in [-0.25, -0.2) is 14.6 Å². The van der Waals surface area contributed by atoms with Crippen molar-refractivity contribution in [1.29, 1.82) is 0 Å². The van der Waals surface area contributed by atoms with Gasteiger partial charge in [-0.2, -0.15) is 12.6 Å². The van der Waals surface area contributed by atoms with Crippen LogP contribution in [0, 0.1) is 10.1 Å². The van der Waals surface area contributed by atoms with Crippen LogP contribution in [0.2, 0.25) is 0 Å². The number of primary amides is 1. The van der Waals surface area contributed by atoms with Gasteiger partial charge in [0.1, 0.15) is 18.2 Å². The standard InChI is InChI=1S/C17H18N4O6S2/c18-16(22)26-8-15-19-13(9-29-15)14-5-12(28)6-20(14)17(23)27-7-10-1-3-11(4-2-10)21(24)25/h1-4,9,12,14,28H,5-8H2,(H2,18,22)/t12-,14-/m0/s1. The molecule has 0 radical (unpaired) electrons. The van der Waals surface area contributed by atoms with Crippen molar-refractivity contribution in [2.75, 3.05) is 6.54 Å². The van der Waals surface area contributed by atoms with Gasteiger partial charge in [-0.05, 0) is 24.1 Å². The second-order valence-electron chi connectivity index (χ2n) is 6.31. The maximum absolute atomic E-state index is 12.6. The molecule has 1 aliphatic heterocycles. The molecular weight excluding hydrogens is 420 g/mol. The van der Waals surface area contributed by atoms with Crippen LogP contribution in [-0.4, -0.2) is 38.8 Å². The summed E-state index contributed by atoms with van der Waals surface area (Å²) in [5.74, 6) is 0. The molecule has 154 valence electrons. The molecule has 2 atom stereocenters. The van der Waals surface area contributed by atoms with Crippen molar-refractivity contribution in [2.24, 2.45) is 5.73 Å². The number of non-ortho nitro benzene ring substituents is 1. The zero-order chi connectivity index (χ0) is 21.0. The van der Waals surface area contributed by atoms with Gasteiger partial charge in [-0.1, -0.05) is 0 Å². The number of rotatable bonds is 6. The number of ether oxygens (including phenoxy) is 2. The van der Waals surface area contributed by atoms with Crippen LogP contribution >= 0.6 is 24.0 Å². The zero-order valence-electron chi connectivity index (χ0n) is 15.1. The topological polar surface area (TPSA) is 138 Å². The third-order valence-corrected chi connectivity index (χ3v) is 5.49. The summed E-state index contributed by atoms with van der Waals surface area (Å²) in [5, 5.41) is 13.0. The van der Waals surface area contributed by atoms with Crippen molar-refractivity contribution < 1.29 is 24.0 Å². The smallest absolute Gasteiger partial charge is 0.410 e. The van der Waals surface area contributed by atoms with E-state index in [1.54, 1.807) is 22.4 Å². The van der Waals surface area contributed by atoms with Gasteiger partial charge in [0.2, 0.25) is 0 Å². The Morgan fingerprint density at radius 3 is 2.69 bits per heavy atom. The van der Waals surface area contributed by atoms with Gasteiger partial charge in [0.15, 0.2) is 0 Å². The predicted molar refractivity (Wildman–Crippen MR) is 107 cm³/mol. The molecule has 0 unspecified atom stereocenters. The fraction of sp³-hybridized carbons (Fsp3) is 0.353. The number of hydrogen-bond donors (Lipinski definition) is 2. The summed E-state index contributed by atoms with van der Waals surface area (Å²) >= 11 is 5.78. The van der Waals surface area contributed by atoms with Crippen molar-refractivity contribution >= 4 is 41.8 Å². The SMILES string of the molecule is NC(=O)OCc1nc([C@@H]2C[C@H](S)CN2C(=O)OCc2ccc([N+](=O)[O-])cc2)cs1. The minimum absolute atomic E-state index is 0.00788.